The highest BCUT2D eigenvalue weighted by Gasteiger charge is 2.32. The zero-order chi connectivity index (χ0) is 14.2. The maximum absolute atomic E-state index is 2.54. The van der Waals surface area contributed by atoms with Crippen molar-refractivity contribution >= 4 is 0 Å². The number of rotatable bonds is 0. The molecule has 0 fully saturated rings. The molecule has 2 aliphatic carbocycles. The summed E-state index contributed by atoms with van der Waals surface area (Å²) in [4.78, 5) is 0. The first kappa shape index (κ1) is 14.6. The van der Waals surface area contributed by atoms with E-state index in [1.54, 1.807) is 27.8 Å². The van der Waals surface area contributed by atoms with Crippen molar-refractivity contribution in [2.24, 2.45) is 0 Å². The Morgan fingerprint density at radius 2 is 1.68 bits per heavy atom. The summed E-state index contributed by atoms with van der Waals surface area (Å²) in [6, 6.07) is 2.54. The third kappa shape index (κ3) is 2.47. The van der Waals surface area contributed by atoms with Crippen molar-refractivity contribution in [3.63, 3.8) is 0 Å². The first-order valence-electron chi connectivity index (χ1n) is 8.16. The Morgan fingerprint density at radius 3 is 2.32 bits per heavy atom. The van der Waals surface area contributed by atoms with Crippen molar-refractivity contribution in [1.82, 2.24) is 0 Å². The van der Waals surface area contributed by atoms with Crippen molar-refractivity contribution < 1.29 is 0 Å². The number of hydrogen-bond donors (Lipinski definition) is 0. The predicted octanol–water partition coefficient (Wildman–Crippen LogP) is 5.55. The van der Waals surface area contributed by atoms with Gasteiger partial charge >= 0.3 is 0 Å². The van der Waals surface area contributed by atoms with Gasteiger partial charge in [0.05, 0.1) is 0 Å². The highest BCUT2D eigenvalue weighted by molar-refractivity contribution is 5.54. The van der Waals surface area contributed by atoms with E-state index in [0.717, 1.165) is 5.92 Å². The monoisotopic (exact) mass is 258 g/mol. The highest BCUT2D eigenvalue weighted by Crippen LogP contribution is 2.45. The lowest BCUT2D eigenvalue weighted by molar-refractivity contribution is 0.569. The normalized spacial score (nSPS) is 20.6. The molecule has 0 N–H and O–H groups in total. The van der Waals surface area contributed by atoms with Crippen molar-refractivity contribution in [2.45, 2.75) is 85.0 Å². The SMILES string of the molecule is CC.CC1CCc2cc3c(c(C(C)(C)C)c21)CCC3. The maximum Gasteiger partial charge on any atom is -0.0126 e. The van der Waals surface area contributed by atoms with E-state index < -0.39 is 0 Å². The number of benzene rings is 1. The molecular weight excluding hydrogens is 228 g/mol. The third-order valence-electron chi connectivity index (χ3n) is 4.62. The molecule has 1 atom stereocenters. The lowest BCUT2D eigenvalue weighted by Gasteiger charge is -2.28. The van der Waals surface area contributed by atoms with Crippen LogP contribution in [0.1, 0.15) is 88.1 Å². The second-order valence-electron chi connectivity index (χ2n) is 7.01. The Morgan fingerprint density at radius 1 is 1.00 bits per heavy atom. The van der Waals surface area contributed by atoms with E-state index in [2.05, 4.69) is 33.8 Å². The maximum atomic E-state index is 2.54. The fourth-order valence-corrected chi connectivity index (χ4v) is 3.97. The van der Waals surface area contributed by atoms with Gasteiger partial charge in [0.25, 0.3) is 0 Å². The summed E-state index contributed by atoms with van der Waals surface area (Å²) in [5, 5.41) is 0. The van der Waals surface area contributed by atoms with Crippen LogP contribution in [0.3, 0.4) is 0 Å². The molecule has 0 amide bonds. The standard InChI is InChI=1S/C17H24.C2H6/c1-11-8-9-13-10-12-6-5-7-14(12)16(15(11)13)17(2,3)4;1-2/h10-11H,5-9H2,1-4H3;1-2H3. The minimum Gasteiger partial charge on any atom is -0.0683 e. The van der Waals surface area contributed by atoms with Gasteiger partial charge in [0.2, 0.25) is 0 Å². The molecule has 0 saturated carbocycles. The van der Waals surface area contributed by atoms with Crippen molar-refractivity contribution in [2.75, 3.05) is 0 Å². The third-order valence-corrected chi connectivity index (χ3v) is 4.62. The highest BCUT2D eigenvalue weighted by atomic mass is 14.4. The molecule has 0 aliphatic heterocycles. The average Bonchev–Trinajstić information content (AvgIpc) is 2.95. The van der Waals surface area contributed by atoms with Gasteiger partial charge in [-0.25, -0.2) is 0 Å². The van der Waals surface area contributed by atoms with Gasteiger partial charge in [-0.1, -0.05) is 47.6 Å². The summed E-state index contributed by atoms with van der Waals surface area (Å²) in [5.41, 5.74) is 8.81. The number of aryl methyl sites for hydroxylation is 2. The van der Waals surface area contributed by atoms with Gasteiger partial charge < -0.3 is 0 Å². The molecule has 19 heavy (non-hydrogen) atoms. The van der Waals surface area contributed by atoms with Crippen LogP contribution in [0.15, 0.2) is 6.07 Å². The fourth-order valence-electron chi connectivity index (χ4n) is 3.97. The van der Waals surface area contributed by atoms with Gasteiger partial charge in [0.1, 0.15) is 0 Å². The largest absolute Gasteiger partial charge is 0.0683 e. The summed E-state index contributed by atoms with van der Waals surface area (Å²) in [5.74, 6) is 0.783. The van der Waals surface area contributed by atoms with E-state index in [9.17, 15) is 0 Å². The molecule has 1 aromatic rings. The summed E-state index contributed by atoms with van der Waals surface area (Å²) in [7, 11) is 0. The minimum absolute atomic E-state index is 0.318. The Kier molecular flexibility index (Phi) is 4.08. The van der Waals surface area contributed by atoms with Crippen LogP contribution < -0.4 is 0 Å². The molecule has 0 spiro atoms. The molecule has 0 nitrogen and oxygen atoms in total. The number of fused-ring (bicyclic) bond motifs is 2. The lowest BCUT2D eigenvalue weighted by Crippen LogP contribution is -2.18. The lowest BCUT2D eigenvalue weighted by atomic mass is 9.76. The molecule has 1 unspecified atom stereocenters. The van der Waals surface area contributed by atoms with Crippen LogP contribution in [0.2, 0.25) is 0 Å². The van der Waals surface area contributed by atoms with Gasteiger partial charge in [-0.15, -0.1) is 0 Å². The summed E-state index contributed by atoms with van der Waals surface area (Å²) >= 11 is 0. The molecule has 3 rings (SSSR count). The average molecular weight is 258 g/mol. The predicted molar refractivity (Wildman–Crippen MR) is 85.3 cm³/mol. The zero-order valence-electron chi connectivity index (χ0n) is 13.7. The molecule has 1 aromatic carbocycles. The Hall–Kier alpha value is -0.780. The van der Waals surface area contributed by atoms with Crippen LogP contribution in [0.5, 0.6) is 0 Å². The summed E-state index contributed by atoms with van der Waals surface area (Å²) < 4.78 is 0. The summed E-state index contributed by atoms with van der Waals surface area (Å²) in [6.45, 7) is 13.6. The van der Waals surface area contributed by atoms with Crippen LogP contribution >= 0.6 is 0 Å². The van der Waals surface area contributed by atoms with Crippen LogP contribution in [0, 0.1) is 0 Å². The van der Waals surface area contributed by atoms with E-state index in [1.165, 1.54) is 32.1 Å². The molecule has 0 bridgehead atoms. The molecule has 106 valence electrons. The van der Waals surface area contributed by atoms with Gasteiger partial charge in [-0.05, 0) is 71.3 Å². The molecule has 0 heteroatoms. The topological polar surface area (TPSA) is 0 Å². The second-order valence-corrected chi connectivity index (χ2v) is 7.01. The molecule has 0 aromatic heterocycles. The number of hydrogen-bond acceptors (Lipinski definition) is 0. The van der Waals surface area contributed by atoms with Crippen molar-refractivity contribution in [3.8, 4) is 0 Å². The molecule has 0 radical (unpaired) electrons. The second kappa shape index (κ2) is 5.31. The van der Waals surface area contributed by atoms with Gasteiger partial charge in [-0.3, -0.25) is 0 Å². The van der Waals surface area contributed by atoms with Gasteiger partial charge in [-0.2, -0.15) is 0 Å². The Labute approximate surface area is 119 Å². The fraction of sp³-hybridized carbons (Fsp3) is 0.684. The van der Waals surface area contributed by atoms with Crippen LogP contribution in [0.25, 0.3) is 0 Å². The minimum atomic E-state index is 0.318. The van der Waals surface area contributed by atoms with E-state index in [-0.39, 0.29) is 0 Å². The van der Waals surface area contributed by atoms with Gasteiger partial charge in [0, 0.05) is 0 Å². The molecule has 0 heterocycles. The van der Waals surface area contributed by atoms with E-state index in [4.69, 9.17) is 0 Å². The Balaban J connectivity index is 0.000000637. The first-order chi connectivity index (χ1) is 8.98. The Bertz CT molecular complexity index is 460. The molecule has 0 saturated heterocycles. The van der Waals surface area contributed by atoms with E-state index in [0.29, 0.717) is 5.41 Å². The van der Waals surface area contributed by atoms with Crippen molar-refractivity contribution in [3.05, 3.63) is 33.9 Å². The van der Waals surface area contributed by atoms with Crippen molar-refractivity contribution in [1.29, 1.82) is 0 Å². The van der Waals surface area contributed by atoms with E-state index >= 15 is 0 Å². The van der Waals surface area contributed by atoms with E-state index in [1.807, 2.05) is 13.8 Å². The molecular formula is C19H30. The van der Waals surface area contributed by atoms with Gasteiger partial charge in [0.15, 0.2) is 0 Å². The quantitative estimate of drug-likeness (QED) is 0.572. The summed E-state index contributed by atoms with van der Waals surface area (Å²) in [6.07, 6.45) is 6.69. The van der Waals surface area contributed by atoms with Crippen LogP contribution in [-0.2, 0) is 24.7 Å². The molecule has 2 aliphatic rings. The smallest absolute Gasteiger partial charge is 0.0126 e. The van der Waals surface area contributed by atoms with Crippen LogP contribution in [0.4, 0.5) is 0 Å². The first-order valence-corrected chi connectivity index (χ1v) is 8.16. The zero-order valence-corrected chi connectivity index (χ0v) is 13.7. The van der Waals surface area contributed by atoms with Crippen LogP contribution in [-0.4, -0.2) is 0 Å².